The first kappa shape index (κ1) is 20.8. The van der Waals surface area contributed by atoms with Crippen LogP contribution in [0.2, 0.25) is 0 Å². The largest absolute Gasteiger partial charge is 0.355 e. The smallest absolute Gasteiger partial charge is 0.244 e. The molecule has 1 rings (SSSR count). The predicted molar refractivity (Wildman–Crippen MR) is 84.7 cm³/mol. The molecule has 0 radical (unpaired) electrons. The highest BCUT2D eigenvalue weighted by atomic mass is 35.5. The van der Waals surface area contributed by atoms with Gasteiger partial charge in [0.25, 0.3) is 0 Å². The maximum absolute atomic E-state index is 13.5. The number of hydrogen-bond acceptors (Lipinski definition) is 4. The molecule has 0 heterocycles. The van der Waals surface area contributed by atoms with E-state index in [0.717, 1.165) is 12.1 Å². The highest BCUT2D eigenvalue weighted by Gasteiger charge is 2.24. The van der Waals surface area contributed by atoms with Crippen molar-refractivity contribution in [2.24, 2.45) is 5.73 Å². The number of carbonyl (C=O) groups is 1. The van der Waals surface area contributed by atoms with Crippen LogP contribution in [0.3, 0.4) is 0 Å². The van der Waals surface area contributed by atoms with Crippen LogP contribution in [-0.4, -0.2) is 33.0 Å². The average Bonchev–Trinajstić information content (AvgIpc) is 2.37. The lowest BCUT2D eigenvalue weighted by Crippen LogP contribution is -2.45. The van der Waals surface area contributed by atoms with Crippen LogP contribution in [0, 0.1) is 5.82 Å². The Bertz CT molecular complexity index is 596. The number of nitrogens with one attached hydrogen (secondary N) is 2. The summed E-state index contributed by atoms with van der Waals surface area (Å²) in [6, 6.07) is 3.91. The van der Waals surface area contributed by atoms with Crippen LogP contribution in [0.5, 0.6) is 0 Å². The zero-order valence-electron chi connectivity index (χ0n) is 12.4. The molecular formula is C13H21ClFN3O3S. The van der Waals surface area contributed by atoms with Crippen LogP contribution in [0.15, 0.2) is 29.2 Å². The fourth-order valence-electron chi connectivity index (χ4n) is 1.59. The van der Waals surface area contributed by atoms with Gasteiger partial charge in [-0.3, -0.25) is 4.79 Å². The minimum absolute atomic E-state index is 0. The number of rotatable bonds is 7. The fraction of sp³-hybridized carbons (Fsp3) is 0.462. The van der Waals surface area contributed by atoms with Gasteiger partial charge in [0.2, 0.25) is 15.9 Å². The van der Waals surface area contributed by atoms with Gasteiger partial charge in [0.1, 0.15) is 10.7 Å². The molecule has 0 aliphatic heterocycles. The fourth-order valence-corrected chi connectivity index (χ4v) is 2.87. The van der Waals surface area contributed by atoms with Crippen molar-refractivity contribution in [1.82, 2.24) is 10.0 Å². The number of amides is 1. The topological polar surface area (TPSA) is 101 Å². The molecule has 1 amide bonds. The van der Waals surface area contributed by atoms with Crippen molar-refractivity contribution in [1.29, 1.82) is 0 Å². The van der Waals surface area contributed by atoms with Crippen LogP contribution < -0.4 is 15.8 Å². The van der Waals surface area contributed by atoms with E-state index in [1.807, 2.05) is 0 Å². The normalized spacial score (nSPS) is 13.8. The quantitative estimate of drug-likeness (QED) is 0.673. The van der Waals surface area contributed by atoms with Gasteiger partial charge in [0.15, 0.2) is 0 Å². The maximum Gasteiger partial charge on any atom is 0.244 e. The van der Waals surface area contributed by atoms with Gasteiger partial charge in [0.05, 0.1) is 6.04 Å². The molecule has 0 saturated heterocycles. The molecule has 0 bridgehead atoms. The minimum atomic E-state index is -4.09. The lowest BCUT2D eigenvalue weighted by molar-refractivity contribution is -0.122. The molecule has 0 spiro atoms. The summed E-state index contributed by atoms with van der Waals surface area (Å²) in [7, 11) is -4.09. The second-order valence-electron chi connectivity index (χ2n) is 4.83. The lowest BCUT2D eigenvalue weighted by atomic mass is 10.2. The van der Waals surface area contributed by atoms with E-state index in [1.54, 1.807) is 6.92 Å². The van der Waals surface area contributed by atoms with Crippen LogP contribution in [0.25, 0.3) is 0 Å². The number of halogens is 2. The Hall–Kier alpha value is -1.22. The standard InChI is InChI=1S/C13H20FN3O3S.ClH/c1-9(15)7-8-16-13(18)10(2)17-21(19,20)12-6-4-3-5-11(12)14;/h3-6,9-10,17H,7-8,15H2,1-2H3,(H,16,18);1H. The summed E-state index contributed by atoms with van der Waals surface area (Å²) in [5, 5.41) is 2.56. The highest BCUT2D eigenvalue weighted by molar-refractivity contribution is 7.89. The minimum Gasteiger partial charge on any atom is -0.355 e. The van der Waals surface area contributed by atoms with Crippen LogP contribution in [0.1, 0.15) is 20.3 Å². The summed E-state index contributed by atoms with van der Waals surface area (Å²) >= 11 is 0. The van der Waals surface area contributed by atoms with Crippen molar-refractivity contribution in [3.05, 3.63) is 30.1 Å². The zero-order chi connectivity index (χ0) is 16.0. The summed E-state index contributed by atoms with van der Waals surface area (Å²) in [6.45, 7) is 3.54. The molecule has 126 valence electrons. The van der Waals surface area contributed by atoms with Crippen LogP contribution in [-0.2, 0) is 14.8 Å². The van der Waals surface area contributed by atoms with Gasteiger partial charge in [0, 0.05) is 12.6 Å². The third-order valence-electron chi connectivity index (χ3n) is 2.75. The van der Waals surface area contributed by atoms with E-state index in [9.17, 15) is 17.6 Å². The SMILES string of the molecule is CC(N)CCNC(=O)C(C)NS(=O)(=O)c1ccccc1F.Cl. The Balaban J connectivity index is 0.00000441. The molecule has 1 aromatic carbocycles. The molecule has 22 heavy (non-hydrogen) atoms. The molecule has 4 N–H and O–H groups in total. The second kappa shape index (κ2) is 9.04. The number of benzene rings is 1. The molecule has 2 unspecified atom stereocenters. The second-order valence-corrected chi connectivity index (χ2v) is 6.51. The van der Waals surface area contributed by atoms with Crippen molar-refractivity contribution < 1.29 is 17.6 Å². The van der Waals surface area contributed by atoms with Crippen LogP contribution in [0.4, 0.5) is 4.39 Å². The summed E-state index contributed by atoms with van der Waals surface area (Å²) in [5.41, 5.74) is 5.54. The molecule has 9 heteroatoms. The van der Waals surface area contributed by atoms with E-state index in [0.29, 0.717) is 13.0 Å². The van der Waals surface area contributed by atoms with Crippen molar-refractivity contribution in [3.63, 3.8) is 0 Å². The van der Waals surface area contributed by atoms with Crippen molar-refractivity contribution in [2.45, 2.75) is 37.2 Å². The molecule has 6 nitrogen and oxygen atoms in total. The van der Waals surface area contributed by atoms with Gasteiger partial charge in [-0.05, 0) is 32.4 Å². The van der Waals surface area contributed by atoms with Gasteiger partial charge < -0.3 is 11.1 Å². The van der Waals surface area contributed by atoms with Crippen LogP contribution >= 0.6 is 12.4 Å². The Kier molecular flexibility index (Phi) is 8.54. The highest BCUT2D eigenvalue weighted by Crippen LogP contribution is 2.13. The molecule has 0 aromatic heterocycles. The maximum atomic E-state index is 13.5. The first-order chi connectivity index (χ1) is 9.74. The summed E-state index contributed by atoms with van der Waals surface area (Å²) in [5.74, 6) is -1.36. The van der Waals surface area contributed by atoms with Gasteiger partial charge >= 0.3 is 0 Å². The monoisotopic (exact) mass is 353 g/mol. The number of nitrogens with two attached hydrogens (primary N) is 1. The average molecular weight is 354 g/mol. The molecule has 0 saturated carbocycles. The first-order valence-corrected chi connectivity index (χ1v) is 8.02. The van der Waals surface area contributed by atoms with Gasteiger partial charge in [-0.15, -0.1) is 12.4 Å². The van der Waals surface area contributed by atoms with Crippen molar-refractivity contribution >= 4 is 28.3 Å². The van der Waals surface area contributed by atoms with E-state index < -0.39 is 32.7 Å². The molecule has 0 aliphatic rings. The molecule has 0 fully saturated rings. The molecular weight excluding hydrogens is 333 g/mol. The van der Waals surface area contributed by atoms with Gasteiger partial charge in [-0.1, -0.05) is 12.1 Å². The third kappa shape index (κ3) is 6.27. The zero-order valence-corrected chi connectivity index (χ0v) is 14.0. The van der Waals surface area contributed by atoms with E-state index >= 15 is 0 Å². The van der Waals surface area contributed by atoms with Gasteiger partial charge in [-0.25, -0.2) is 12.8 Å². The number of hydrogen-bond donors (Lipinski definition) is 3. The molecule has 0 aliphatic carbocycles. The van der Waals surface area contributed by atoms with Crippen molar-refractivity contribution in [2.75, 3.05) is 6.54 Å². The molecule has 2 atom stereocenters. The third-order valence-corrected chi connectivity index (χ3v) is 4.32. The summed E-state index contributed by atoms with van der Waals surface area (Å²) in [6.07, 6.45) is 0.582. The summed E-state index contributed by atoms with van der Waals surface area (Å²) in [4.78, 5) is 11.3. The Morgan fingerprint density at radius 1 is 1.32 bits per heavy atom. The number of sulfonamides is 1. The first-order valence-electron chi connectivity index (χ1n) is 6.54. The van der Waals surface area contributed by atoms with E-state index in [-0.39, 0.29) is 18.4 Å². The van der Waals surface area contributed by atoms with Gasteiger partial charge in [-0.2, -0.15) is 4.72 Å². The Labute approximate surface area is 136 Å². The van der Waals surface area contributed by atoms with E-state index in [2.05, 4.69) is 10.0 Å². The van der Waals surface area contributed by atoms with E-state index in [1.165, 1.54) is 19.1 Å². The Morgan fingerprint density at radius 2 is 1.91 bits per heavy atom. The number of carbonyl (C=O) groups excluding carboxylic acids is 1. The predicted octanol–water partition coefficient (Wildman–Crippen LogP) is 0.768. The van der Waals surface area contributed by atoms with E-state index in [4.69, 9.17) is 5.73 Å². The lowest BCUT2D eigenvalue weighted by Gasteiger charge is -2.15. The molecule has 1 aromatic rings. The van der Waals surface area contributed by atoms with Crippen molar-refractivity contribution in [3.8, 4) is 0 Å². The Morgan fingerprint density at radius 3 is 2.45 bits per heavy atom. The summed E-state index contributed by atoms with van der Waals surface area (Å²) < 4.78 is 39.6.